The predicted molar refractivity (Wildman–Crippen MR) is 47.8 cm³/mol. The Kier molecular flexibility index (Phi) is 7.89. The van der Waals surface area contributed by atoms with Gasteiger partial charge in [0.2, 0.25) is 9.76 Å². The van der Waals surface area contributed by atoms with E-state index in [-0.39, 0.29) is 0 Å². The van der Waals surface area contributed by atoms with E-state index < -0.39 is 0 Å². The molecule has 0 spiro atoms. The molecule has 0 aromatic rings. The average Bonchev–Trinajstić information content (AvgIpc) is 1.96. The molecular formula is C8H16O2Si. The molecule has 11 heavy (non-hydrogen) atoms. The second-order valence-corrected chi connectivity index (χ2v) is 3.39. The highest BCUT2D eigenvalue weighted by Gasteiger charge is 1.92. The standard InChI is InChI=1S/C8H16O2Si/c1-4-7-11-10-6-5-9-8(2)3/h4,8H,1,5-7H2,2-3H3. The fourth-order valence-corrected chi connectivity index (χ4v) is 0.979. The zero-order valence-electron chi connectivity index (χ0n) is 7.30. The van der Waals surface area contributed by atoms with Gasteiger partial charge in [0.25, 0.3) is 0 Å². The topological polar surface area (TPSA) is 18.5 Å². The summed E-state index contributed by atoms with van der Waals surface area (Å²) in [5.41, 5.74) is 0. The van der Waals surface area contributed by atoms with Gasteiger partial charge in [-0.2, -0.15) is 0 Å². The van der Waals surface area contributed by atoms with E-state index in [1.165, 1.54) is 0 Å². The minimum absolute atomic E-state index is 0.307. The summed E-state index contributed by atoms with van der Waals surface area (Å²) < 4.78 is 10.5. The van der Waals surface area contributed by atoms with Gasteiger partial charge in [0.05, 0.1) is 19.3 Å². The molecule has 64 valence electrons. The minimum Gasteiger partial charge on any atom is -0.415 e. The molecule has 0 rings (SSSR count). The predicted octanol–water partition coefficient (Wildman–Crippen LogP) is 1.65. The number of hydrogen-bond donors (Lipinski definition) is 0. The maximum atomic E-state index is 5.28. The normalized spacial score (nSPS) is 10.5. The van der Waals surface area contributed by atoms with E-state index in [2.05, 4.69) is 6.58 Å². The Hall–Kier alpha value is -0.123. The van der Waals surface area contributed by atoms with E-state index in [1.54, 1.807) is 0 Å². The summed E-state index contributed by atoms with van der Waals surface area (Å²) in [6.45, 7) is 9.04. The maximum absolute atomic E-state index is 5.28. The molecule has 0 atom stereocenters. The summed E-state index contributed by atoms with van der Waals surface area (Å²) in [4.78, 5) is 0. The van der Waals surface area contributed by atoms with Crippen molar-refractivity contribution in [1.29, 1.82) is 0 Å². The Labute approximate surface area is 71.5 Å². The molecular weight excluding hydrogens is 156 g/mol. The molecule has 2 radical (unpaired) electrons. The van der Waals surface area contributed by atoms with Crippen LogP contribution in [0.4, 0.5) is 0 Å². The molecule has 2 nitrogen and oxygen atoms in total. The number of hydrogen-bond acceptors (Lipinski definition) is 2. The summed E-state index contributed by atoms with van der Waals surface area (Å²) in [6, 6.07) is 0.946. The molecule has 0 aliphatic heterocycles. The van der Waals surface area contributed by atoms with Crippen LogP contribution in [0.3, 0.4) is 0 Å². The first-order valence-electron chi connectivity index (χ1n) is 3.84. The molecule has 0 saturated carbocycles. The smallest absolute Gasteiger partial charge is 0.233 e. The van der Waals surface area contributed by atoms with Crippen LogP contribution in [-0.4, -0.2) is 29.1 Å². The van der Waals surface area contributed by atoms with Crippen molar-refractivity contribution in [3.8, 4) is 0 Å². The maximum Gasteiger partial charge on any atom is 0.233 e. The van der Waals surface area contributed by atoms with E-state index in [4.69, 9.17) is 9.16 Å². The quantitative estimate of drug-likeness (QED) is 0.330. The Bertz CT molecular complexity index is 94.1. The van der Waals surface area contributed by atoms with Crippen molar-refractivity contribution < 1.29 is 9.16 Å². The van der Waals surface area contributed by atoms with Crippen LogP contribution in [-0.2, 0) is 9.16 Å². The van der Waals surface area contributed by atoms with Gasteiger partial charge in [-0.3, -0.25) is 0 Å². The Morgan fingerprint density at radius 1 is 1.45 bits per heavy atom. The SMILES string of the molecule is C=CC[Si]OCCOC(C)C. The summed E-state index contributed by atoms with van der Waals surface area (Å²) >= 11 is 0. The zero-order valence-corrected chi connectivity index (χ0v) is 8.30. The summed E-state index contributed by atoms with van der Waals surface area (Å²) in [6.07, 6.45) is 2.17. The van der Waals surface area contributed by atoms with Crippen molar-refractivity contribution in [1.82, 2.24) is 0 Å². The Morgan fingerprint density at radius 3 is 2.73 bits per heavy atom. The lowest BCUT2D eigenvalue weighted by Crippen LogP contribution is -2.10. The second kappa shape index (κ2) is 7.98. The lowest BCUT2D eigenvalue weighted by molar-refractivity contribution is 0.0561. The van der Waals surface area contributed by atoms with E-state index in [9.17, 15) is 0 Å². The minimum atomic E-state index is 0.307. The third-order valence-electron chi connectivity index (χ3n) is 0.966. The molecule has 3 heteroatoms. The highest BCUT2D eigenvalue weighted by molar-refractivity contribution is 6.27. The van der Waals surface area contributed by atoms with Gasteiger partial charge in [0, 0.05) is 0 Å². The molecule has 0 amide bonds. The first-order chi connectivity index (χ1) is 5.27. The largest absolute Gasteiger partial charge is 0.415 e. The lowest BCUT2D eigenvalue weighted by atomic mass is 10.5. The molecule has 0 N–H and O–H groups in total. The van der Waals surface area contributed by atoms with Crippen LogP contribution in [0.5, 0.6) is 0 Å². The van der Waals surface area contributed by atoms with Crippen LogP contribution in [0.2, 0.25) is 6.04 Å². The number of rotatable bonds is 7. The summed E-state index contributed by atoms with van der Waals surface area (Å²) in [7, 11) is 0.538. The van der Waals surface area contributed by atoms with E-state index in [1.807, 2.05) is 19.9 Å². The van der Waals surface area contributed by atoms with Crippen molar-refractivity contribution >= 4 is 9.76 Å². The fourth-order valence-electron chi connectivity index (χ4n) is 0.516. The van der Waals surface area contributed by atoms with Gasteiger partial charge >= 0.3 is 0 Å². The van der Waals surface area contributed by atoms with Crippen molar-refractivity contribution in [2.75, 3.05) is 13.2 Å². The van der Waals surface area contributed by atoms with Crippen molar-refractivity contribution in [3.63, 3.8) is 0 Å². The molecule has 0 saturated heterocycles. The van der Waals surface area contributed by atoms with Crippen LogP contribution >= 0.6 is 0 Å². The van der Waals surface area contributed by atoms with Gasteiger partial charge in [-0.1, -0.05) is 6.08 Å². The molecule has 0 bridgehead atoms. The molecule has 0 aromatic carbocycles. The molecule has 0 aromatic heterocycles. The van der Waals surface area contributed by atoms with Crippen LogP contribution in [0.1, 0.15) is 13.8 Å². The van der Waals surface area contributed by atoms with Crippen LogP contribution < -0.4 is 0 Å². The first kappa shape index (κ1) is 10.9. The average molecular weight is 172 g/mol. The fraction of sp³-hybridized carbons (Fsp3) is 0.750. The van der Waals surface area contributed by atoms with Crippen LogP contribution in [0, 0.1) is 0 Å². The van der Waals surface area contributed by atoms with Gasteiger partial charge in [-0.05, 0) is 19.9 Å². The Morgan fingerprint density at radius 2 is 2.18 bits per heavy atom. The van der Waals surface area contributed by atoms with Crippen molar-refractivity contribution in [2.24, 2.45) is 0 Å². The Balaban J connectivity index is 2.85. The highest BCUT2D eigenvalue weighted by atomic mass is 28.2. The van der Waals surface area contributed by atoms with Gasteiger partial charge in [0.15, 0.2) is 0 Å². The molecule has 0 unspecified atom stereocenters. The van der Waals surface area contributed by atoms with Crippen molar-refractivity contribution in [2.45, 2.75) is 26.0 Å². The van der Waals surface area contributed by atoms with Crippen LogP contribution in [0.15, 0.2) is 12.7 Å². The summed E-state index contributed by atoms with van der Waals surface area (Å²) in [5.74, 6) is 0. The number of ether oxygens (including phenoxy) is 1. The van der Waals surface area contributed by atoms with Gasteiger partial charge in [-0.15, -0.1) is 6.58 Å². The monoisotopic (exact) mass is 172 g/mol. The van der Waals surface area contributed by atoms with Gasteiger partial charge in [0.1, 0.15) is 0 Å². The van der Waals surface area contributed by atoms with Crippen LogP contribution in [0.25, 0.3) is 0 Å². The van der Waals surface area contributed by atoms with E-state index >= 15 is 0 Å². The van der Waals surface area contributed by atoms with E-state index in [0.29, 0.717) is 29.1 Å². The summed E-state index contributed by atoms with van der Waals surface area (Å²) in [5, 5.41) is 0. The lowest BCUT2D eigenvalue weighted by Gasteiger charge is -2.06. The van der Waals surface area contributed by atoms with Crippen molar-refractivity contribution in [3.05, 3.63) is 12.7 Å². The molecule has 0 heterocycles. The molecule has 0 aliphatic rings. The third-order valence-corrected chi connectivity index (χ3v) is 1.83. The number of allylic oxidation sites excluding steroid dienone is 1. The first-order valence-corrected chi connectivity index (χ1v) is 4.96. The highest BCUT2D eigenvalue weighted by Crippen LogP contribution is 1.87. The molecule has 0 aliphatic carbocycles. The third kappa shape index (κ3) is 9.88. The van der Waals surface area contributed by atoms with Gasteiger partial charge in [-0.25, -0.2) is 0 Å². The second-order valence-electron chi connectivity index (χ2n) is 2.41. The molecule has 0 fully saturated rings. The van der Waals surface area contributed by atoms with Gasteiger partial charge < -0.3 is 9.16 Å². The zero-order chi connectivity index (χ0) is 8.53. The van der Waals surface area contributed by atoms with E-state index in [0.717, 1.165) is 6.04 Å².